The van der Waals surface area contributed by atoms with Gasteiger partial charge in [-0.25, -0.2) is 15.0 Å². The van der Waals surface area contributed by atoms with Gasteiger partial charge in [-0.2, -0.15) is 18.3 Å². The first-order valence-corrected chi connectivity index (χ1v) is 10.0. The molecule has 154 valence electrons. The van der Waals surface area contributed by atoms with Crippen molar-refractivity contribution < 1.29 is 13.2 Å². The van der Waals surface area contributed by atoms with Crippen LogP contribution < -0.4 is 10.2 Å². The van der Waals surface area contributed by atoms with E-state index >= 15 is 0 Å². The number of fused-ring (bicyclic) bond motifs is 3. The molecule has 4 aromatic rings. The van der Waals surface area contributed by atoms with Crippen LogP contribution in [0.1, 0.15) is 16.8 Å². The standard InChI is InChI=1S/C19H16F3N7S/c1-9-10(2)27-28-17-14(9)13-3-4-23-16(15(13)30-17)26-12-7-29(8-12)18-24-5-11(6-25-18)19(20,21)22/h3-6,12H,7-8H2,1-2H3,(H,23,26). The van der Waals surface area contributed by atoms with E-state index in [1.165, 1.54) is 0 Å². The fraction of sp³-hybridized carbons (Fsp3) is 0.316. The summed E-state index contributed by atoms with van der Waals surface area (Å²) in [5.41, 5.74) is 1.16. The van der Waals surface area contributed by atoms with Gasteiger partial charge in [0.15, 0.2) is 0 Å². The third-order valence-electron chi connectivity index (χ3n) is 5.27. The van der Waals surface area contributed by atoms with Crippen LogP contribution in [-0.2, 0) is 6.18 Å². The van der Waals surface area contributed by atoms with E-state index in [2.05, 4.69) is 30.5 Å². The highest BCUT2D eigenvalue weighted by molar-refractivity contribution is 7.26. The molecule has 1 fully saturated rings. The predicted molar refractivity (Wildman–Crippen MR) is 109 cm³/mol. The third-order valence-corrected chi connectivity index (χ3v) is 6.36. The number of halogens is 3. The summed E-state index contributed by atoms with van der Waals surface area (Å²) in [5, 5.41) is 14.1. The van der Waals surface area contributed by atoms with Crippen molar-refractivity contribution in [2.24, 2.45) is 0 Å². The fourth-order valence-electron chi connectivity index (χ4n) is 3.48. The van der Waals surface area contributed by atoms with Gasteiger partial charge in [-0.1, -0.05) is 0 Å². The van der Waals surface area contributed by atoms with Crippen LogP contribution in [0.15, 0.2) is 24.7 Å². The summed E-state index contributed by atoms with van der Waals surface area (Å²) in [4.78, 5) is 14.9. The molecule has 0 aliphatic carbocycles. The number of alkyl halides is 3. The Kier molecular flexibility index (Phi) is 4.24. The fourth-order valence-corrected chi connectivity index (χ4v) is 4.61. The van der Waals surface area contributed by atoms with Gasteiger partial charge in [0.1, 0.15) is 10.6 Å². The van der Waals surface area contributed by atoms with E-state index < -0.39 is 11.7 Å². The molecule has 1 aliphatic rings. The molecule has 0 amide bonds. The summed E-state index contributed by atoms with van der Waals surface area (Å²) >= 11 is 1.55. The molecular weight excluding hydrogens is 415 g/mol. The molecule has 1 saturated heterocycles. The summed E-state index contributed by atoms with van der Waals surface area (Å²) in [6.07, 6.45) is -1.04. The highest BCUT2D eigenvalue weighted by Crippen LogP contribution is 2.38. The van der Waals surface area contributed by atoms with Gasteiger partial charge in [0, 0.05) is 42.5 Å². The largest absolute Gasteiger partial charge is 0.419 e. The highest BCUT2D eigenvalue weighted by Gasteiger charge is 2.33. The van der Waals surface area contributed by atoms with Crippen LogP contribution in [0.3, 0.4) is 0 Å². The number of hydrogen-bond donors (Lipinski definition) is 1. The van der Waals surface area contributed by atoms with E-state index in [9.17, 15) is 13.2 Å². The molecule has 0 atom stereocenters. The van der Waals surface area contributed by atoms with Crippen molar-refractivity contribution >= 4 is 43.4 Å². The zero-order valence-corrected chi connectivity index (χ0v) is 16.8. The molecule has 5 heterocycles. The van der Waals surface area contributed by atoms with E-state index in [4.69, 9.17) is 0 Å². The second-order valence-corrected chi connectivity index (χ2v) is 8.24. The Bertz CT molecular complexity index is 1250. The Hall–Kier alpha value is -3.08. The maximum atomic E-state index is 12.7. The Morgan fingerprint density at radius 2 is 1.83 bits per heavy atom. The lowest BCUT2D eigenvalue weighted by Gasteiger charge is -2.39. The lowest BCUT2D eigenvalue weighted by molar-refractivity contribution is -0.138. The van der Waals surface area contributed by atoms with Crippen molar-refractivity contribution in [2.45, 2.75) is 26.1 Å². The number of anilines is 2. The van der Waals surface area contributed by atoms with E-state index in [0.29, 0.717) is 13.1 Å². The van der Waals surface area contributed by atoms with Gasteiger partial charge in [0.05, 0.1) is 22.0 Å². The maximum absolute atomic E-state index is 12.7. The zero-order chi connectivity index (χ0) is 21.0. The second-order valence-electron chi connectivity index (χ2n) is 7.24. The molecule has 11 heteroatoms. The number of rotatable bonds is 3. The zero-order valence-electron chi connectivity index (χ0n) is 16.0. The van der Waals surface area contributed by atoms with Crippen molar-refractivity contribution in [1.29, 1.82) is 0 Å². The Labute approximate surface area is 173 Å². The van der Waals surface area contributed by atoms with E-state index in [0.717, 1.165) is 49.8 Å². The van der Waals surface area contributed by atoms with Crippen LogP contribution in [0.2, 0.25) is 0 Å². The van der Waals surface area contributed by atoms with Gasteiger partial charge in [-0.3, -0.25) is 0 Å². The van der Waals surface area contributed by atoms with Gasteiger partial charge >= 0.3 is 6.18 Å². The normalized spacial score (nSPS) is 15.0. The number of aryl methyl sites for hydroxylation is 2. The Balaban J connectivity index is 1.35. The van der Waals surface area contributed by atoms with Gasteiger partial charge < -0.3 is 10.2 Å². The van der Waals surface area contributed by atoms with Gasteiger partial charge in [0.2, 0.25) is 5.95 Å². The van der Waals surface area contributed by atoms with Gasteiger partial charge in [-0.05, 0) is 25.5 Å². The number of thiophene rings is 1. The number of hydrogen-bond acceptors (Lipinski definition) is 8. The number of nitrogens with one attached hydrogen (secondary N) is 1. The lowest BCUT2D eigenvalue weighted by Crippen LogP contribution is -2.55. The molecule has 4 aromatic heterocycles. The average Bonchev–Trinajstić information content (AvgIpc) is 3.07. The molecule has 5 rings (SSSR count). The van der Waals surface area contributed by atoms with Crippen LogP contribution in [0.5, 0.6) is 0 Å². The summed E-state index contributed by atoms with van der Waals surface area (Å²) in [6, 6.07) is 2.07. The van der Waals surface area contributed by atoms with Crippen molar-refractivity contribution in [1.82, 2.24) is 25.1 Å². The SMILES string of the molecule is Cc1nnc2sc3c(NC4CN(c5ncc(C(F)(F)F)cn5)C4)nccc3c2c1C. The summed E-state index contributed by atoms with van der Waals surface area (Å²) in [5.74, 6) is 1.06. The quantitative estimate of drug-likeness (QED) is 0.526. The molecule has 0 bridgehead atoms. The number of nitrogens with zero attached hydrogens (tertiary/aromatic N) is 6. The minimum Gasteiger partial charge on any atom is -0.363 e. The van der Waals surface area contributed by atoms with Crippen LogP contribution in [-0.4, -0.2) is 44.3 Å². The molecule has 0 unspecified atom stereocenters. The summed E-state index contributed by atoms with van der Waals surface area (Å²) < 4.78 is 39.0. The highest BCUT2D eigenvalue weighted by atomic mass is 32.1. The smallest absolute Gasteiger partial charge is 0.363 e. The molecule has 1 N–H and O–H groups in total. The summed E-state index contributed by atoms with van der Waals surface area (Å²) in [7, 11) is 0. The van der Waals surface area contributed by atoms with Gasteiger partial charge in [0.25, 0.3) is 0 Å². The number of pyridine rings is 1. The van der Waals surface area contributed by atoms with E-state index in [1.807, 2.05) is 24.8 Å². The van der Waals surface area contributed by atoms with Crippen LogP contribution in [0.25, 0.3) is 20.3 Å². The second kappa shape index (κ2) is 6.73. The molecule has 7 nitrogen and oxygen atoms in total. The van der Waals surface area contributed by atoms with E-state index in [-0.39, 0.29) is 12.0 Å². The van der Waals surface area contributed by atoms with Crippen LogP contribution in [0.4, 0.5) is 24.9 Å². The molecule has 0 aromatic carbocycles. The minimum absolute atomic E-state index is 0.0909. The lowest BCUT2D eigenvalue weighted by atomic mass is 10.1. The van der Waals surface area contributed by atoms with Gasteiger partial charge in [-0.15, -0.1) is 16.4 Å². The van der Waals surface area contributed by atoms with Crippen molar-refractivity contribution in [3.05, 3.63) is 41.5 Å². The molecular formula is C19H16F3N7S. The van der Waals surface area contributed by atoms with Crippen LogP contribution >= 0.6 is 11.3 Å². The Morgan fingerprint density at radius 1 is 1.10 bits per heavy atom. The molecule has 1 aliphatic heterocycles. The predicted octanol–water partition coefficient (Wildman–Crippen LogP) is 3.97. The molecule has 0 saturated carbocycles. The molecule has 0 radical (unpaired) electrons. The summed E-state index contributed by atoms with van der Waals surface area (Å²) in [6.45, 7) is 5.14. The topological polar surface area (TPSA) is 79.7 Å². The first kappa shape index (κ1) is 18.9. The van der Waals surface area contributed by atoms with Crippen molar-refractivity contribution in [3.63, 3.8) is 0 Å². The number of aromatic nitrogens is 5. The minimum atomic E-state index is -4.44. The van der Waals surface area contributed by atoms with Crippen molar-refractivity contribution in [2.75, 3.05) is 23.3 Å². The molecule has 0 spiro atoms. The molecule has 30 heavy (non-hydrogen) atoms. The average molecular weight is 431 g/mol. The van der Waals surface area contributed by atoms with Crippen LogP contribution in [0, 0.1) is 13.8 Å². The van der Waals surface area contributed by atoms with Crippen molar-refractivity contribution in [3.8, 4) is 0 Å². The first-order chi connectivity index (χ1) is 14.3. The Morgan fingerprint density at radius 3 is 2.53 bits per heavy atom. The first-order valence-electron chi connectivity index (χ1n) is 9.23. The third kappa shape index (κ3) is 3.09. The van der Waals surface area contributed by atoms with E-state index in [1.54, 1.807) is 17.5 Å². The maximum Gasteiger partial charge on any atom is 0.419 e. The monoisotopic (exact) mass is 431 g/mol.